The van der Waals surface area contributed by atoms with Gasteiger partial charge in [-0.05, 0) is 35.0 Å². The van der Waals surface area contributed by atoms with Crippen LogP contribution in [0.2, 0.25) is 0 Å². The van der Waals surface area contributed by atoms with Gasteiger partial charge in [-0.3, -0.25) is 0 Å². The molecule has 0 aliphatic heterocycles. The predicted molar refractivity (Wildman–Crippen MR) is 62.0 cm³/mol. The molecule has 0 fully saturated rings. The number of esters is 1. The molecule has 2 aromatic rings. The number of methoxy groups -OCH3 is 1. The van der Waals surface area contributed by atoms with E-state index in [1.807, 2.05) is 18.2 Å². The molecule has 1 aromatic heterocycles. The monoisotopic (exact) mass is 283 g/mol. The maximum Gasteiger partial charge on any atom is 0.332 e. The number of aromatic nitrogens is 3. The van der Waals surface area contributed by atoms with Crippen molar-refractivity contribution in [3.63, 3.8) is 0 Å². The van der Waals surface area contributed by atoms with Gasteiger partial charge in [-0.1, -0.05) is 6.07 Å². The number of ether oxygens (including phenoxy) is 1. The van der Waals surface area contributed by atoms with E-state index in [9.17, 15) is 4.79 Å². The number of hydrogen-bond acceptors (Lipinski definition) is 4. The summed E-state index contributed by atoms with van der Waals surface area (Å²) >= 11 is 3.38. The Balaban J connectivity index is 2.47. The third kappa shape index (κ3) is 1.80. The third-order valence-electron chi connectivity index (χ3n) is 2.27. The van der Waals surface area contributed by atoms with Crippen LogP contribution in [0.25, 0.3) is 11.0 Å². The minimum Gasteiger partial charge on any atom is -0.467 e. The first-order valence-corrected chi connectivity index (χ1v) is 5.51. The van der Waals surface area contributed by atoms with Crippen LogP contribution >= 0.6 is 15.9 Å². The highest BCUT2D eigenvalue weighted by Gasteiger charge is 2.18. The zero-order chi connectivity index (χ0) is 11.7. The van der Waals surface area contributed by atoms with Crippen LogP contribution in [0.5, 0.6) is 0 Å². The molecule has 0 spiro atoms. The van der Waals surface area contributed by atoms with Crippen molar-refractivity contribution in [1.82, 2.24) is 15.0 Å². The number of hydrogen-bond donors (Lipinski definition) is 0. The number of benzene rings is 1. The molecule has 1 heterocycles. The summed E-state index contributed by atoms with van der Waals surface area (Å²) in [5.74, 6) is -0.364. The third-order valence-corrected chi connectivity index (χ3v) is 2.91. The van der Waals surface area contributed by atoms with Crippen LogP contribution in [0.3, 0.4) is 0 Å². The lowest BCUT2D eigenvalue weighted by Gasteiger charge is -2.06. The number of nitrogens with zero attached hydrogens (tertiary/aromatic N) is 3. The van der Waals surface area contributed by atoms with Crippen molar-refractivity contribution in [3.05, 3.63) is 22.7 Å². The minimum atomic E-state index is -0.524. The van der Waals surface area contributed by atoms with Crippen molar-refractivity contribution < 1.29 is 9.53 Å². The lowest BCUT2D eigenvalue weighted by Crippen LogP contribution is -2.19. The van der Waals surface area contributed by atoms with E-state index in [0.717, 1.165) is 15.5 Å². The fourth-order valence-electron chi connectivity index (χ4n) is 1.36. The van der Waals surface area contributed by atoms with Gasteiger partial charge in [-0.2, -0.15) is 15.0 Å². The van der Waals surface area contributed by atoms with Gasteiger partial charge in [0.05, 0.1) is 7.11 Å². The topological polar surface area (TPSA) is 57.0 Å². The molecule has 0 amide bonds. The Labute approximate surface area is 101 Å². The molecule has 1 unspecified atom stereocenters. The molecule has 16 heavy (non-hydrogen) atoms. The van der Waals surface area contributed by atoms with Gasteiger partial charge in [0.1, 0.15) is 11.0 Å². The van der Waals surface area contributed by atoms with Gasteiger partial charge in [-0.15, -0.1) is 0 Å². The summed E-state index contributed by atoms with van der Waals surface area (Å²) in [5, 5.41) is 8.46. The van der Waals surface area contributed by atoms with Crippen LogP contribution in [0, 0.1) is 0 Å². The first kappa shape index (κ1) is 11.1. The first-order valence-electron chi connectivity index (χ1n) is 4.72. The molecular weight excluding hydrogens is 274 g/mol. The summed E-state index contributed by atoms with van der Waals surface area (Å²) in [6.45, 7) is 1.69. The van der Waals surface area contributed by atoms with E-state index >= 15 is 0 Å². The summed E-state index contributed by atoms with van der Waals surface area (Å²) < 4.78 is 5.50. The Kier molecular flexibility index (Phi) is 2.91. The van der Waals surface area contributed by atoms with Gasteiger partial charge in [0.25, 0.3) is 0 Å². The zero-order valence-corrected chi connectivity index (χ0v) is 10.4. The molecule has 0 bridgehead atoms. The maximum atomic E-state index is 11.3. The molecular formula is C10H10BrN3O2. The van der Waals surface area contributed by atoms with Crippen molar-refractivity contribution in [2.45, 2.75) is 13.0 Å². The highest BCUT2D eigenvalue weighted by molar-refractivity contribution is 9.10. The lowest BCUT2D eigenvalue weighted by atomic mass is 10.3. The summed E-state index contributed by atoms with van der Waals surface area (Å²) in [4.78, 5) is 12.7. The second-order valence-corrected chi connectivity index (χ2v) is 4.18. The molecule has 1 atom stereocenters. The van der Waals surface area contributed by atoms with Crippen LogP contribution in [0.1, 0.15) is 13.0 Å². The number of carbonyl (C=O) groups excluding carboxylic acids is 1. The van der Waals surface area contributed by atoms with Gasteiger partial charge in [0.15, 0.2) is 6.04 Å². The van der Waals surface area contributed by atoms with E-state index in [0.29, 0.717) is 0 Å². The van der Waals surface area contributed by atoms with Crippen molar-refractivity contribution >= 4 is 32.9 Å². The highest BCUT2D eigenvalue weighted by atomic mass is 79.9. The second kappa shape index (κ2) is 4.21. The SMILES string of the molecule is COC(=O)C(C)n1nc2cccc(Br)c2n1. The van der Waals surface area contributed by atoms with E-state index in [4.69, 9.17) is 0 Å². The maximum absolute atomic E-state index is 11.3. The van der Waals surface area contributed by atoms with Crippen LogP contribution in [0.15, 0.2) is 22.7 Å². The average molecular weight is 284 g/mol. The fraction of sp³-hybridized carbons (Fsp3) is 0.300. The van der Waals surface area contributed by atoms with Crippen LogP contribution in [0.4, 0.5) is 0 Å². The molecule has 2 rings (SSSR count). The Hall–Kier alpha value is -1.43. The van der Waals surface area contributed by atoms with E-state index < -0.39 is 6.04 Å². The zero-order valence-electron chi connectivity index (χ0n) is 8.85. The largest absolute Gasteiger partial charge is 0.467 e. The van der Waals surface area contributed by atoms with Gasteiger partial charge in [0, 0.05) is 4.47 Å². The number of rotatable bonds is 2. The Morgan fingerprint density at radius 2 is 2.25 bits per heavy atom. The predicted octanol–water partition coefficient (Wildman–Crippen LogP) is 1.93. The van der Waals surface area contributed by atoms with Crippen molar-refractivity contribution in [1.29, 1.82) is 0 Å². The van der Waals surface area contributed by atoms with Gasteiger partial charge < -0.3 is 4.74 Å². The summed E-state index contributed by atoms with van der Waals surface area (Å²) in [5.41, 5.74) is 1.48. The normalized spacial score (nSPS) is 12.7. The standard InChI is InChI=1S/C10H10BrN3O2/c1-6(10(15)16-2)14-12-8-5-3-4-7(11)9(8)13-14/h3-6H,1-2H3. The van der Waals surface area contributed by atoms with E-state index in [-0.39, 0.29) is 5.97 Å². The second-order valence-electron chi connectivity index (χ2n) is 3.33. The van der Waals surface area contributed by atoms with Crippen LogP contribution in [-0.2, 0) is 9.53 Å². The molecule has 1 aromatic carbocycles. The molecule has 6 heteroatoms. The Bertz CT molecular complexity index is 538. The number of carbonyl (C=O) groups is 1. The summed E-state index contributed by atoms with van der Waals surface area (Å²) in [6, 6.07) is 5.07. The molecule has 5 nitrogen and oxygen atoms in total. The van der Waals surface area contributed by atoms with Crippen molar-refractivity contribution in [2.24, 2.45) is 0 Å². The summed E-state index contributed by atoms with van der Waals surface area (Å²) in [6.07, 6.45) is 0. The molecule has 84 valence electrons. The molecule has 0 saturated carbocycles. The van der Waals surface area contributed by atoms with E-state index in [2.05, 4.69) is 30.9 Å². The molecule has 0 N–H and O–H groups in total. The summed E-state index contributed by atoms with van der Waals surface area (Å²) in [7, 11) is 1.35. The van der Waals surface area contributed by atoms with E-state index in [1.165, 1.54) is 11.9 Å². The Morgan fingerprint density at radius 3 is 2.88 bits per heavy atom. The van der Waals surface area contributed by atoms with Gasteiger partial charge in [-0.25, -0.2) is 4.79 Å². The quantitative estimate of drug-likeness (QED) is 0.791. The average Bonchev–Trinajstić information content (AvgIpc) is 2.72. The minimum absolute atomic E-state index is 0.364. The molecule has 0 aliphatic rings. The smallest absolute Gasteiger partial charge is 0.332 e. The van der Waals surface area contributed by atoms with E-state index in [1.54, 1.807) is 6.92 Å². The Morgan fingerprint density at radius 1 is 1.50 bits per heavy atom. The highest BCUT2D eigenvalue weighted by Crippen LogP contribution is 2.21. The van der Waals surface area contributed by atoms with Crippen molar-refractivity contribution in [3.8, 4) is 0 Å². The van der Waals surface area contributed by atoms with Crippen molar-refractivity contribution in [2.75, 3.05) is 7.11 Å². The van der Waals surface area contributed by atoms with Gasteiger partial charge in [0.2, 0.25) is 0 Å². The fourth-order valence-corrected chi connectivity index (χ4v) is 1.79. The van der Waals surface area contributed by atoms with Gasteiger partial charge >= 0.3 is 5.97 Å². The lowest BCUT2D eigenvalue weighted by molar-refractivity contribution is -0.144. The number of halogens is 1. The van der Waals surface area contributed by atoms with Crippen LogP contribution < -0.4 is 0 Å². The molecule has 0 aliphatic carbocycles. The molecule has 0 radical (unpaired) electrons. The first-order chi connectivity index (χ1) is 7.63. The number of fused-ring (bicyclic) bond motifs is 1. The van der Waals surface area contributed by atoms with Crippen LogP contribution in [-0.4, -0.2) is 28.1 Å². The molecule has 0 saturated heterocycles.